The maximum atomic E-state index is 12.5. The smallest absolute Gasteiger partial charge is 0.203 e. The number of carbonyl (C=O) groups excluding carboxylic acids is 1. The molecule has 0 atom stereocenters. The lowest BCUT2D eigenvalue weighted by Crippen LogP contribution is -2.02. The molecule has 2 aromatic heterocycles. The molecule has 0 unspecified atom stereocenters. The maximum Gasteiger partial charge on any atom is 0.203 e. The first-order chi connectivity index (χ1) is 11.1. The molecule has 0 spiro atoms. The molecule has 3 rings (SSSR count). The molecule has 0 aliphatic rings. The van der Waals surface area contributed by atoms with Crippen LogP contribution in [0.25, 0.3) is 11.7 Å². The van der Waals surface area contributed by atoms with Crippen molar-refractivity contribution in [3.63, 3.8) is 0 Å². The number of rotatable bonds is 3. The number of fused-ring (bicyclic) bond motifs is 1. The number of carbonyl (C=O) groups is 1. The summed E-state index contributed by atoms with van der Waals surface area (Å²) in [5.41, 5.74) is 1.48. The third kappa shape index (κ3) is 3.26. The van der Waals surface area contributed by atoms with Gasteiger partial charge in [-0.1, -0.05) is 29.3 Å². The van der Waals surface area contributed by atoms with Gasteiger partial charge in [0.2, 0.25) is 5.78 Å². The molecule has 0 saturated heterocycles. The van der Waals surface area contributed by atoms with Crippen molar-refractivity contribution in [2.75, 3.05) is 0 Å². The molecule has 6 heteroatoms. The second-order valence-electron chi connectivity index (χ2n) is 4.79. The lowest BCUT2D eigenvalue weighted by Gasteiger charge is -2.01. The number of hydrogen-bond donors (Lipinski definition) is 0. The van der Waals surface area contributed by atoms with Gasteiger partial charge >= 0.3 is 0 Å². The highest BCUT2D eigenvalue weighted by Gasteiger charge is 2.14. The fourth-order valence-electron chi connectivity index (χ4n) is 2.16. The second-order valence-corrected chi connectivity index (χ2v) is 5.66. The Morgan fingerprint density at radius 3 is 2.61 bits per heavy atom. The lowest BCUT2D eigenvalue weighted by atomic mass is 10.0. The van der Waals surface area contributed by atoms with Gasteiger partial charge < -0.3 is 4.40 Å². The van der Waals surface area contributed by atoms with Crippen molar-refractivity contribution in [1.29, 1.82) is 5.26 Å². The molecule has 0 aliphatic carbocycles. The van der Waals surface area contributed by atoms with Gasteiger partial charge in [-0.3, -0.25) is 4.79 Å². The Kier molecular flexibility index (Phi) is 4.16. The standard InChI is InChI=1S/C17H9Cl2N3O/c18-13-5-11(6-14(19)8-13)17(23)12(9-20)7-15-10-22-4-2-1-3-16(22)21-15/h1-8,10H/b12-7+. The molecule has 0 fully saturated rings. The quantitative estimate of drug-likeness (QED) is 0.402. The summed E-state index contributed by atoms with van der Waals surface area (Å²) in [5, 5.41) is 9.97. The van der Waals surface area contributed by atoms with Crippen molar-refractivity contribution in [3.8, 4) is 6.07 Å². The van der Waals surface area contributed by atoms with E-state index in [1.165, 1.54) is 24.3 Å². The van der Waals surface area contributed by atoms with Gasteiger partial charge in [0.05, 0.1) is 5.69 Å². The summed E-state index contributed by atoms with van der Waals surface area (Å²) in [7, 11) is 0. The molecule has 23 heavy (non-hydrogen) atoms. The summed E-state index contributed by atoms with van der Waals surface area (Å²) in [6, 6.07) is 12.0. The highest BCUT2D eigenvalue weighted by atomic mass is 35.5. The van der Waals surface area contributed by atoms with Gasteiger partial charge in [-0.25, -0.2) is 4.98 Å². The topological polar surface area (TPSA) is 58.2 Å². The zero-order valence-electron chi connectivity index (χ0n) is 11.7. The highest BCUT2D eigenvalue weighted by Crippen LogP contribution is 2.21. The van der Waals surface area contributed by atoms with Crippen molar-refractivity contribution in [2.45, 2.75) is 0 Å². The molecule has 0 aliphatic heterocycles. The number of benzene rings is 1. The largest absolute Gasteiger partial charge is 0.306 e. The van der Waals surface area contributed by atoms with E-state index in [1.54, 1.807) is 6.20 Å². The Balaban J connectivity index is 2.01. The van der Waals surface area contributed by atoms with Crippen LogP contribution in [0.3, 0.4) is 0 Å². The van der Waals surface area contributed by atoms with E-state index >= 15 is 0 Å². The number of aromatic nitrogens is 2. The van der Waals surface area contributed by atoms with Crippen LogP contribution in [0.2, 0.25) is 10.0 Å². The number of Topliss-reactive ketones (excluding diaryl/α,β-unsaturated/α-hetero) is 1. The molecule has 0 radical (unpaired) electrons. The number of nitrogens with zero attached hydrogens (tertiary/aromatic N) is 3. The number of ketones is 1. The Morgan fingerprint density at radius 1 is 1.22 bits per heavy atom. The Morgan fingerprint density at radius 2 is 1.96 bits per heavy atom. The predicted molar refractivity (Wildman–Crippen MR) is 89.6 cm³/mol. The van der Waals surface area contributed by atoms with Crippen molar-refractivity contribution in [3.05, 3.63) is 75.7 Å². The molecule has 0 amide bonds. The summed E-state index contributed by atoms with van der Waals surface area (Å²) in [6.45, 7) is 0. The number of halogens is 2. The van der Waals surface area contributed by atoms with E-state index in [0.29, 0.717) is 15.7 Å². The Labute approximate surface area is 142 Å². The van der Waals surface area contributed by atoms with Crippen molar-refractivity contribution in [2.24, 2.45) is 0 Å². The average Bonchev–Trinajstić information content (AvgIpc) is 2.93. The number of imidazole rings is 1. The molecule has 1 aromatic carbocycles. The minimum absolute atomic E-state index is 0.0354. The highest BCUT2D eigenvalue weighted by molar-refractivity contribution is 6.35. The van der Waals surface area contributed by atoms with Crippen molar-refractivity contribution < 1.29 is 4.79 Å². The van der Waals surface area contributed by atoms with Crippen LogP contribution in [0, 0.1) is 11.3 Å². The van der Waals surface area contributed by atoms with E-state index in [0.717, 1.165) is 5.65 Å². The first-order valence-electron chi connectivity index (χ1n) is 6.63. The normalized spacial score (nSPS) is 11.4. The lowest BCUT2D eigenvalue weighted by molar-refractivity contribution is 0.104. The third-order valence-electron chi connectivity index (χ3n) is 3.16. The minimum Gasteiger partial charge on any atom is -0.306 e. The van der Waals surface area contributed by atoms with Crippen LogP contribution in [-0.4, -0.2) is 15.2 Å². The van der Waals surface area contributed by atoms with Gasteiger partial charge in [0.15, 0.2) is 0 Å². The van der Waals surface area contributed by atoms with Gasteiger partial charge in [-0.05, 0) is 36.4 Å². The zero-order valence-corrected chi connectivity index (χ0v) is 13.2. The maximum absolute atomic E-state index is 12.5. The molecular formula is C17H9Cl2N3O. The van der Waals surface area contributed by atoms with Crippen LogP contribution in [0.1, 0.15) is 16.1 Å². The van der Waals surface area contributed by atoms with E-state index in [9.17, 15) is 10.1 Å². The Bertz CT molecular complexity index is 930. The van der Waals surface area contributed by atoms with Gasteiger partial charge in [0.25, 0.3) is 0 Å². The summed E-state index contributed by atoms with van der Waals surface area (Å²) in [4.78, 5) is 16.8. The van der Waals surface area contributed by atoms with E-state index in [2.05, 4.69) is 4.98 Å². The van der Waals surface area contributed by atoms with Crippen LogP contribution in [0.5, 0.6) is 0 Å². The monoisotopic (exact) mass is 341 g/mol. The van der Waals surface area contributed by atoms with Crippen molar-refractivity contribution in [1.82, 2.24) is 9.38 Å². The van der Waals surface area contributed by atoms with Crippen molar-refractivity contribution >= 4 is 40.7 Å². The van der Waals surface area contributed by atoms with E-state index in [4.69, 9.17) is 23.2 Å². The number of pyridine rings is 1. The van der Waals surface area contributed by atoms with E-state index in [1.807, 2.05) is 34.9 Å². The van der Waals surface area contributed by atoms with Crippen LogP contribution >= 0.6 is 23.2 Å². The fraction of sp³-hybridized carbons (Fsp3) is 0. The van der Waals surface area contributed by atoms with E-state index in [-0.39, 0.29) is 11.1 Å². The molecule has 0 bridgehead atoms. The fourth-order valence-corrected chi connectivity index (χ4v) is 2.69. The molecule has 4 nitrogen and oxygen atoms in total. The average molecular weight is 342 g/mol. The van der Waals surface area contributed by atoms with Gasteiger partial charge in [-0.15, -0.1) is 0 Å². The summed E-state index contributed by atoms with van der Waals surface area (Å²) in [6.07, 6.45) is 5.03. The molecule has 3 aromatic rings. The van der Waals surface area contributed by atoms with Crippen LogP contribution < -0.4 is 0 Å². The number of hydrogen-bond acceptors (Lipinski definition) is 3. The zero-order chi connectivity index (χ0) is 16.4. The summed E-state index contributed by atoms with van der Waals surface area (Å²) < 4.78 is 1.81. The van der Waals surface area contributed by atoms with Gasteiger partial charge in [-0.2, -0.15) is 5.26 Å². The third-order valence-corrected chi connectivity index (χ3v) is 3.60. The molecule has 0 N–H and O–H groups in total. The molecular weight excluding hydrogens is 333 g/mol. The predicted octanol–water partition coefficient (Wildman–Crippen LogP) is 4.43. The second kappa shape index (κ2) is 6.25. The van der Waals surface area contributed by atoms with Crippen LogP contribution in [0.15, 0.2) is 54.4 Å². The first-order valence-corrected chi connectivity index (χ1v) is 7.39. The van der Waals surface area contributed by atoms with Crippen LogP contribution in [-0.2, 0) is 0 Å². The summed E-state index contributed by atoms with van der Waals surface area (Å²) in [5.74, 6) is -0.450. The van der Waals surface area contributed by atoms with E-state index < -0.39 is 5.78 Å². The number of allylic oxidation sites excluding steroid dienone is 1. The minimum atomic E-state index is -0.450. The molecule has 2 heterocycles. The Hall–Kier alpha value is -2.61. The SMILES string of the molecule is N#C/C(=C\c1cn2ccccc2n1)C(=O)c1cc(Cl)cc(Cl)c1. The van der Waals surface area contributed by atoms with Gasteiger partial charge in [0, 0.05) is 28.0 Å². The summed E-state index contributed by atoms with van der Waals surface area (Å²) >= 11 is 11.8. The van der Waals surface area contributed by atoms with Gasteiger partial charge in [0.1, 0.15) is 17.3 Å². The van der Waals surface area contributed by atoms with Crippen LogP contribution in [0.4, 0.5) is 0 Å². The molecule has 0 saturated carbocycles. The first kappa shape index (κ1) is 15.3. The molecule has 112 valence electrons. The number of nitriles is 1.